The maximum atomic E-state index is 12.6. The lowest BCUT2D eigenvalue weighted by molar-refractivity contribution is 0.310. The predicted molar refractivity (Wildman–Crippen MR) is 83.5 cm³/mol. The fraction of sp³-hybridized carbons (Fsp3) is 0.500. The summed E-state index contributed by atoms with van der Waals surface area (Å²) in [5.41, 5.74) is 0. The van der Waals surface area contributed by atoms with Crippen molar-refractivity contribution >= 4 is 35.8 Å². The third-order valence-electron chi connectivity index (χ3n) is 3.28. The van der Waals surface area contributed by atoms with Crippen molar-refractivity contribution < 1.29 is 16.8 Å². The second-order valence-corrected chi connectivity index (χ2v) is 9.86. The number of nitrogens with one attached hydrogen (secondary N) is 1. The molecule has 1 N–H and O–H groups in total. The van der Waals surface area contributed by atoms with Gasteiger partial charge in [0.15, 0.2) is 9.84 Å². The zero-order valence-corrected chi connectivity index (χ0v) is 14.9. The second kappa shape index (κ2) is 5.96. The number of nitrogens with zero attached hydrogens (tertiary/aromatic N) is 1. The lowest BCUT2D eigenvalue weighted by Gasteiger charge is -2.31. The van der Waals surface area contributed by atoms with E-state index in [1.807, 2.05) is 6.92 Å². The Morgan fingerprint density at radius 3 is 2.48 bits per heavy atom. The molecule has 1 fully saturated rings. The smallest absolute Gasteiger partial charge is 0.244 e. The quantitative estimate of drug-likeness (QED) is 0.817. The number of sulfone groups is 1. The molecule has 6 nitrogen and oxygen atoms in total. The van der Waals surface area contributed by atoms with E-state index in [1.165, 1.54) is 22.5 Å². The molecule has 1 aliphatic rings. The average molecular weight is 397 g/mol. The molecule has 1 aliphatic heterocycles. The summed E-state index contributed by atoms with van der Waals surface area (Å²) in [6.45, 7) is 3.30. The molecule has 0 aliphatic carbocycles. The van der Waals surface area contributed by atoms with Crippen LogP contribution in [0.25, 0.3) is 0 Å². The number of hydrogen-bond acceptors (Lipinski definition) is 5. The molecule has 9 heteroatoms. The Balaban J connectivity index is 2.41. The molecule has 0 unspecified atom stereocenters. The van der Waals surface area contributed by atoms with Crippen LogP contribution in [0.1, 0.15) is 6.92 Å². The van der Waals surface area contributed by atoms with E-state index in [4.69, 9.17) is 0 Å². The Labute approximate surface area is 133 Å². The Bertz CT molecular complexity index is 747. The molecule has 0 saturated carbocycles. The van der Waals surface area contributed by atoms with Crippen molar-refractivity contribution in [1.82, 2.24) is 9.62 Å². The maximum absolute atomic E-state index is 12.6. The molecule has 118 valence electrons. The Morgan fingerprint density at radius 1 is 1.29 bits per heavy atom. The molecular formula is C12H17BrN2O4S2. The molecule has 0 amide bonds. The monoisotopic (exact) mass is 396 g/mol. The van der Waals surface area contributed by atoms with Gasteiger partial charge >= 0.3 is 0 Å². The second-order valence-electron chi connectivity index (χ2n) is 5.08. The molecule has 1 atom stereocenters. The van der Waals surface area contributed by atoms with Crippen molar-refractivity contribution in [3.8, 4) is 0 Å². The number of hydrogen-bond donors (Lipinski definition) is 1. The maximum Gasteiger partial charge on any atom is 0.244 e. The van der Waals surface area contributed by atoms with Gasteiger partial charge in [0.2, 0.25) is 10.0 Å². The van der Waals surface area contributed by atoms with Crippen molar-refractivity contribution in [1.29, 1.82) is 0 Å². The molecule has 21 heavy (non-hydrogen) atoms. The van der Waals surface area contributed by atoms with Crippen molar-refractivity contribution in [2.45, 2.75) is 22.8 Å². The third kappa shape index (κ3) is 3.65. The zero-order valence-electron chi connectivity index (χ0n) is 11.7. The predicted octanol–water partition coefficient (Wildman–Crippen LogP) is 0.835. The van der Waals surface area contributed by atoms with E-state index in [2.05, 4.69) is 21.2 Å². The van der Waals surface area contributed by atoms with Crippen LogP contribution in [0.3, 0.4) is 0 Å². The zero-order chi connectivity index (χ0) is 15.8. The van der Waals surface area contributed by atoms with Gasteiger partial charge in [-0.3, -0.25) is 0 Å². The van der Waals surface area contributed by atoms with Gasteiger partial charge in [-0.2, -0.15) is 4.31 Å². The lowest BCUT2D eigenvalue weighted by Crippen LogP contribution is -2.51. The average Bonchev–Trinajstić information content (AvgIpc) is 2.37. The highest BCUT2D eigenvalue weighted by Crippen LogP contribution is 2.28. The van der Waals surface area contributed by atoms with Gasteiger partial charge in [0, 0.05) is 36.4 Å². The summed E-state index contributed by atoms with van der Waals surface area (Å²) in [5, 5.41) is 3.18. The van der Waals surface area contributed by atoms with Crippen LogP contribution in [0.2, 0.25) is 0 Å². The largest absolute Gasteiger partial charge is 0.312 e. The molecule has 1 heterocycles. The van der Waals surface area contributed by atoms with Crippen LogP contribution in [0, 0.1) is 0 Å². The van der Waals surface area contributed by atoms with Crippen LogP contribution in [0.15, 0.2) is 32.5 Å². The summed E-state index contributed by atoms with van der Waals surface area (Å²) in [6.07, 6.45) is 1.08. The van der Waals surface area contributed by atoms with Crippen LogP contribution < -0.4 is 5.32 Å². The van der Waals surface area contributed by atoms with Gasteiger partial charge in [-0.15, -0.1) is 0 Å². The molecule has 0 radical (unpaired) electrons. The van der Waals surface area contributed by atoms with E-state index >= 15 is 0 Å². The van der Waals surface area contributed by atoms with Gasteiger partial charge in [-0.25, -0.2) is 16.8 Å². The molecule has 1 aromatic rings. The first-order valence-electron chi connectivity index (χ1n) is 6.35. The number of piperazine rings is 1. The lowest BCUT2D eigenvalue weighted by atomic mass is 10.3. The van der Waals surface area contributed by atoms with Gasteiger partial charge < -0.3 is 5.32 Å². The number of benzene rings is 1. The van der Waals surface area contributed by atoms with Gasteiger partial charge in [0.25, 0.3) is 0 Å². The van der Waals surface area contributed by atoms with E-state index in [0.29, 0.717) is 19.6 Å². The summed E-state index contributed by atoms with van der Waals surface area (Å²) < 4.78 is 49.9. The molecule has 0 aromatic heterocycles. The Hall–Kier alpha value is -0.480. The number of sulfonamides is 1. The van der Waals surface area contributed by atoms with Crippen molar-refractivity contribution in [3.05, 3.63) is 22.7 Å². The summed E-state index contributed by atoms with van der Waals surface area (Å²) in [6, 6.07) is 4.07. The first kappa shape index (κ1) is 16.9. The topological polar surface area (TPSA) is 83.6 Å². The highest BCUT2D eigenvalue weighted by molar-refractivity contribution is 9.10. The normalized spacial score (nSPS) is 21.4. The molecule has 1 aromatic carbocycles. The molecule has 0 bridgehead atoms. The summed E-state index contributed by atoms with van der Waals surface area (Å²) in [5.74, 6) is 0. The van der Waals surface area contributed by atoms with E-state index in [1.54, 1.807) is 0 Å². The van der Waals surface area contributed by atoms with Crippen LogP contribution in [-0.4, -0.2) is 53.1 Å². The summed E-state index contributed by atoms with van der Waals surface area (Å²) in [7, 11) is -7.01. The third-order valence-corrected chi connectivity index (χ3v) is 7.23. The SMILES string of the molecule is C[C@@H]1CN(S(=O)(=O)c2ccc(S(C)(=O)=O)cc2Br)CCN1. The Morgan fingerprint density at radius 2 is 1.95 bits per heavy atom. The fourth-order valence-corrected chi connectivity index (χ4v) is 5.54. The van der Waals surface area contributed by atoms with E-state index in [-0.39, 0.29) is 20.3 Å². The summed E-state index contributed by atoms with van der Waals surface area (Å²) >= 11 is 3.17. The van der Waals surface area contributed by atoms with E-state index < -0.39 is 19.9 Å². The number of halogens is 1. The van der Waals surface area contributed by atoms with Gasteiger partial charge in [0.05, 0.1) is 9.79 Å². The van der Waals surface area contributed by atoms with Crippen LogP contribution in [-0.2, 0) is 19.9 Å². The highest BCUT2D eigenvalue weighted by Gasteiger charge is 2.30. The van der Waals surface area contributed by atoms with Crippen molar-refractivity contribution in [3.63, 3.8) is 0 Å². The number of rotatable bonds is 3. The molecule has 2 rings (SSSR count). The van der Waals surface area contributed by atoms with Gasteiger partial charge in [0.1, 0.15) is 0 Å². The van der Waals surface area contributed by atoms with Crippen LogP contribution in [0.5, 0.6) is 0 Å². The highest BCUT2D eigenvalue weighted by atomic mass is 79.9. The molecular weight excluding hydrogens is 380 g/mol. The van der Waals surface area contributed by atoms with E-state index in [9.17, 15) is 16.8 Å². The summed E-state index contributed by atoms with van der Waals surface area (Å²) in [4.78, 5) is 0.172. The molecule has 1 saturated heterocycles. The van der Waals surface area contributed by atoms with Crippen LogP contribution >= 0.6 is 15.9 Å². The Kier molecular flexibility index (Phi) is 4.79. The minimum atomic E-state index is -3.64. The van der Waals surface area contributed by atoms with Gasteiger partial charge in [-0.05, 0) is 41.1 Å². The van der Waals surface area contributed by atoms with Crippen LogP contribution in [0.4, 0.5) is 0 Å². The van der Waals surface area contributed by atoms with E-state index in [0.717, 1.165) is 6.26 Å². The first-order chi connectivity index (χ1) is 9.62. The first-order valence-corrected chi connectivity index (χ1v) is 10.5. The minimum Gasteiger partial charge on any atom is -0.312 e. The van der Waals surface area contributed by atoms with Crippen molar-refractivity contribution in [2.75, 3.05) is 25.9 Å². The van der Waals surface area contributed by atoms with Crippen molar-refractivity contribution in [2.24, 2.45) is 0 Å². The van der Waals surface area contributed by atoms with Gasteiger partial charge in [-0.1, -0.05) is 0 Å². The molecule has 0 spiro atoms. The fourth-order valence-electron chi connectivity index (χ4n) is 2.18. The minimum absolute atomic E-state index is 0.0852. The standard InChI is InChI=1S/C12H17BrN2O4S2/c1-9-8-15(6-5-14-9)21(18,19)12-4-3-10(7-11(12)13)20(2,16)17/h3-4,7,9,14H,5-6,8H2,1-2H3/t9-/m1/s1.